The number of ether oxygens (including phenoxy) is 3. The van der Waals surface area contributed by atoms with Crippen LogP contribution in [0.25, 0.3) is 10.8 Å². The molecule has 3 nitrogen and oxygen atoms in total. The minimum atomic E-state index is 0.559. The van der Waals surface area contributed by atoms with E-state index in [1.54, 1.807) is 0 Å². The van der Waals surface area contributed by atoms with Crippen molar-refractivity contribution in [3.05, 3.63) is 132 Å². The van der Waals surface area contributed by atoms with Crippen LogP contribution in [0.5, 0.6) is 23.0 Å². The van der Waals surface area contributed by atoms with Crippen LogP contribution in [0.1, 0.15) is 11.1 Å². The lowest BCUT2D eigenvalue weighted by atomic mass is 10.1. The predicted molar refractivity (Wildman–Crippen MR) is 142 cm³/mol. The number of para-hydroxylation sites is 1. The lowest BCUT2D eigenvalue weighted by Gasteiger charge is -2.16. The van der Waals surface area contributed by atoms with Crippen LogP contribution in [0.15, 0.2) is 121 Å². The van der Waals surface area contributed by atoms with Gasteiger partial charge in [0.2, 0.25) is 0 Å². The summed E-state index contributed by atoms with van der Waals surface area (Å²) in [6.45, 7) is 1.19. The van der Waals surface area contributed by atoms with Crippen LogP contribution < -0.4 is 14.2 Å². The highest BCUT2D eigenvalue weighted by Crippen LogP contribution is 2.39. The fourth-order valence-electron chi connectivity index (χ4n) is 4.04. The monoisotopic (exact) mass is 460 g/mol. The molecule has 0 aliphatic heterocycles. The predicted octanol–water partition coefficient (Wildman–Crippen LogP) is 7.88. The van der Waals surface area contributed by atoms with Gasteiger partial charge in [-0.1, -0.05) is 84.9 Å². The van der Waals surface area contributed by atoms with Gasteiger partial charge in [0.15, 0.2) is 11.5 Å². The van der Waals surface area contributed by atoms with Crippen molar-refractivity contribution >= 4 is 10.8 Å². The van der Waals surface area contributed by atoms with E-state index in [0.717, 1.165) is 40.9 Å². The van der Waals surface area contributed by atoms with E-state index < -0.39 is 0 Å². The smallest absolute Gasteiger partial charge is 0.169 e. The number of hydrogen-bond donors (Lipinski definition) is 0. The van der Waals surface area contributed by atoms with Gasteiger partial charge in [0.25, 0.3) is 0 Å². The summed E-state index contributed by atoms with van der Waals surface area (Å²) in [5.41, 5.74) is 2.51. The van der Waals surface area contributed by atoms with Crippen LogP contribution in [0, 0.1) is 0 Å². The van der Waals surface area contributed by atoms with Gasteiger partial charge in [0.1, 0.15) is 11.5 Å². The Morgan fingerprint density at radius 3 is 1.74 bits per heavy atom. The summed E-state index contributed by atoms with van der Waals surface area (Å²) in [7, 11) is 0. The van der Waals surface area contributed by atoms with Gasteiger partial charge in [-0.05, 0) is 52.9 Å². The summed E-state index contributed by atoms with van der Waals surface area (Å²) < 4.78 is 18.6. The van der Waals surface area contributed by atoms with Crippen molar-refractivity contribution in [2.24, 2.45) is 0 Å². The minimum absolute atomic E-state index is 0.559. The Kier molecular flexibility index (Phi) is 7.25. The molecule has 0 unspecified atom stereocenters. The van der Waals surface area contributed by atoms with Crippen molar-refractivity contribution in [1.29, 1.82) is 0 Å². The second kappa shape index (κ2) is 11.3. The van der Waals surface area contributed by atoms with E-state index in [2.05, 4.69) is 66.7 Å². The van der Waals surface area contributed by atoms with E-state index >= 15 is 0 Å². The van der Waals surface area contributed by atoms with Gasteiger partial charge in [-0.25, -0.2) is 0 Å². The fraction of sp³-hybridized carbons (Fsp3) is 0.125. The van der Waals surface area contributed by atoms with Crippen molar-refractivity contribution in [2.45, 2.75) is 12.8 Å². The van der Waals surface area contributed by atoms with E-state index in [9.17, 15) is 0 Å². The average molecular weight is 461 g/mol. The van der Waals surface area contributed by atoms with Gasteiger partial charge in [0, 0.05) is 18.2 Å². The van der Waals surface area contributed by atoms with Crippen LogP contribution in [0.2, 0.25) is 0 Å². The standard InChI is InChI=1S/C32H28O3/c1-4-10-25(11-5-1)20-22-33-29-17-18-30-27(24-29)16-19-31(35-28-14-8-3-9-15-28)32(30)34-23-21-26-12-6-2-7-13-26/h1-19,24H,20-23H2. The largest absolute Gasteiger partial charge is 0.493 e. The van der Waals surface area contributed by atoms with Gasteiger partial charge in [-0.15, -0.1) is 0 Å². The summed E-state index contributed by atoms with van der Waals surface area (Å²) in [6.07, 6.45) is 1.69. The molecule has 3 heteroatoms. The van der Waals surface area contributed by atoms with Crippen molar-refractivity contribution in [3.63, 3.8) is 0 Å². The third-order valence-corrected chi connectivity index (χ3v) is 5.86. The lowest BCUT2D eigenvalue weighted by molar-refractivity contribution is 0.309. The van der Waals surface area contributed by atoms with E-state index in [1.165, 1.54) is 11.1 Å². The Morgan fingerprint density at radius 2 is 1.09 bits per heavy atom. The first-order chi connectivity index (χ1) is 17.3. The Bertz CT molecular complexity index is 1350. The number of benzene rings is 5. The highest BCUT2D eigenvalue weighted by Gasteiger charge is 2.13. The van der Waals surface area contributed by atoms with Crippen LogP contribution in [-0.2, 0) is 12.8 Å². The van der Waals surface area contributed by atoms with Gasteiger partial charge in [0.05, 0.1) is 13.2 Å². The first-order valence-corrected chi connectivity index (χ1v) is 12.0. The molecule has 0 amide bonds. The van der Waals surface area contributed by atoms with Gasteiger partial charge >= 0.3 is 0 Å². The molecule has 174 valence electrons. The highest BCUT2D eigenvalue weighted by atomic mass is 16.5. The average Bonchev–Trinajstić information content (AvgIpc) is 2.91. The summed E-state index contributed by atoms with van der Waals surface area (Å²) in [5.74, 6) is 3.08. The molecule has 0 fully saturated rings. The van der Waals surface area contributed by atoms with E-state index in [4.69, 9.17) is 14.2 Å². The van der Waals surface area contributed by atoms with Crippen LogP contribution in [0.4, 0.5) is 0 Å². The first kappa shape index (κ1) is 22.5. The quantitative estimate of drug-likeness (QED) is 0.212. The Balaban J connectivity index is 1.36. The molecule has 0 aliphatic rings. The highest BCUT2D eigenvalue weighted by molar-refractivity contribution is 5.92. The Labute approximate surface area is 206 Å². The zero-order valence-corrected chi connectivity index (χ0v) is 19.6. The molecule has 0 heterocycles. The molecule has 0 spiro atoms. The first-order valence-electron chi connectivity index (χ1n) is 12.0. The van der Waals surface area contributed by atoms with Gasteiger partial charge in [-0.2, -0.15) is 0 Å². The van der Waals surface area contributed by atoms with Crippen molar-refractivity contribution < 1.29 is 14.2 Å². The maximum atomic E-state index is 6.34. The molecule has 35 heavy (non-hydrogen) atoms. The maximum absolute atomic E-state index is 6.34. The molecular formula is C32H28O3. The van der Waals surface area contributed by atoms with E-state index in [1.807, 2.05) is 54.6 Å². The minimum Gasteiger partial charge on any atom is -0.493 e. The Hall–Kier alpha value is -4.24. The van der Waals surface area contributed by atoms with Crippen molar-refractivity contribution in [3.8, 4) is 23.0 Å². The van der Waals surface area contributed by atoms with E-state index in [-0.39, 0.29) is 0 Å². The number of hydrogen-bond acceptors (Lipinski definition) is 3. The SMILES string of the molecule is c1ccc(CCOc2ccc3c(OCCc4ccccc4)c(Oc4ccccc4)ccc3c2)cc1. The second-order valence-corrected chi connectivity index (χ2v) is 8.36. The van der Waals surface area contributed by atoms with Crippen LogP contribution in [0.3, 0.4) is 0 Å². The molecule has 5 aromatic carbocycles. The van der Waals surface area contributed by atoms with Gasteiger partial charge < -0.3 is 14.2 Å². The topological polar surface area (TPSA) is 27.7 Å². The molecular weight excluding hydrogens is 432 g/mol. The molecule has 0 aliphatic carbocycles. The maximum Gasteiger partial charge on any atom is 0.169 e. The lowest BCUT2D eigenvalue weighted by Crippen LogP contribution is -2.03. The summed E-state index contributed by atoms with van der Waals surface area (Å²) >= 11 is 0. The van der Waals surface area contributed by atoms with Crippen molar-refractivity contribution in [1.82, 2.24) is 0 Å². The molecule has 0 N–H and O–H groups in total. The van der Waals surface area contributed by atoms with Gasteiger partial charge in [-0.3, -0.25) is 0 Å². The molecule has 5 aromatic rings. The third-order valence-electron chi connectivity index (χ3n) is 5.86. The van der Waals surface area contributed by atoms with E-state index in [0.29, 0.717) is 19.0 Å². The number of fused-ring (bicyclic) bond motifs is 1. The number of rotatable bonds is 10. The summed E-state index contributed by atoms with van der Waals surface area (Å²) in [6, 6.07) is 40.7. The van der Waals surface area contributed by atoms with Crippen LogP contribution in [-0.4, -0.2) is 13.2 Å². The third kappa shape index (κ3) is 6.01. The molecule has 5 rings (SSSR count). The molecule has 0 bridgehead atoms. The summed E-state index contributed by atoms with van der Waals surface area (Å²) in [5, 5.41) is 2.05. The molecule has 0 atom stereocenters. The molecule has 0 saturated carbocycles. The zero-order valence-electron chi connectivity index (χ0n) is 19.6. The zero-order chi connectivity index (χ0) is 23.7. The summed E-state index contributed by atoms with van der Waals surface area (Å²) in [4.78, 5) is 0. The Morgan fingerprint density at radius 1 is 0.486 bits per heavy atom. The fourth-order valence-corrected chi connectivity index (χ4v) is 4.04. The molecule has 0 saturated heterocycles. The molecule has 0 aromatic heterocycles. The normalized spacial score (nSPS) is 10.7. The second-order valence-electron chi connectivity index (χ2n) is 8.36. The van der Waals surface area contributed by atoms with Crippen LogP contribution >= 0.6 is 0 Å². The van der Waals surface area contributed by atoms with Crippen molar-refractivity contribution in [2.75, 3.05) is 13.2 Å². The molecule has 0 radical (unpaired) electrons.